The lowest BCUT2D eigenvalue weighted by Gasteiger charge is -1.97. The molecule has 0 bridgehead atoms. The third-order valence-electron chi connectivity index (χ3n) is 1.17. The number of hydrogen-bond acceptors (Lipinski definition) is 3. The summed E-state index contributed by atoms with van der Waals surface area (Å²) in [7, 11) is 0. The molecule has 0 unspecified atom stereocenters. The maximum atomic E-state index is 10.2. The number of carboxylic acid groups (broad SMARTS) is 1. The van der Waals surface area contributed by atoms with Crippen LogP contribution >= 0.6 is 0 Å². The lowest BCUT2D eigenvalue weighted by atomic mass is 10.3. The standard InChI is InChI=1S/C8H11NO3/c1-2-3-4-12-6-7(5-9)8(10)11/h6H,2-4H2,1H3,(H,10,11). The van der Waals surface area contributed by atoms with Gasteiger partial charge in [0.15, 0.2) is 5.57 Å². The van der Waals surface area contributed by atoms with E-state index in [1.54, 1.807) is 0 Å². The molecular formula is C8H11NO3. The number of unbranched alkanes of at least 4 members (excludes halogenated alkanes) is 1. The second-order valence-electron chi connectivity index (χ2n) is 2.17. The van der Waals surface area contributed by atoms with Gasteiger partial charge in [0, 0.05) is 0 Å². The average molecular weight is 169 g/mol. The molecule has 0 heterocycles. The third kappa shape index (κ3) is 4.34. The molecule has 0 aliphatic heterocycles. The Hall–Kier alpha value is -1.50. The largest absolute Gasteiger partial charge is 0.500 e. The maximum Gasteiger partial charge on any atom is 0.349 e. The van der Waals surface area contributed by atoms with Gasteiger partial charge in [-0.15, -0.1) is 0 Å². The van der Waals surface area contributed by atoms with Crippen LogP contribution in [0.1, 0.15) is 19.8 Å². The molecule has 0 aromatic rings. The minimum atomic E-state index is -1.26. The van der Waals surface area contributed by atoms with Crippen LogP contribution in [0.15, 0.2) is 11.8 Å². The zero-order valence-corrected chi connectivity index (χ0v) is 6.91. The van der Waals surface area contributed by atoms with E-state index in [0.29, 0.717) is 6.61 Å². The van der Waals surface area contributed by atoms with Gasteiger partial charge in [0.05, 0.1) is 6.61 Å². The first kappa shape index (κ1) is 10.5. The Morgan fingerprint density at radius 2 is 2.42 bits per heavy atom. The molecule has 1 N–H and O–H groups in total. The summed E-state index contributed by atoms with van der Waals surface area (Å²) in [5.74, 6) is -1.26. The number of nitrogens with zero attached hydrogens (tertiary/aromatic N) is 1. The maximum absolute atomic E-state index is 10.2. The zero-order chi connectivity index (χ0) is 9.40. The zero-order valence-electron chi connectivity index (χ0n) is 6.91. The molecule has 4 heteroatoms. The molecule has 12 heavy (non-hydrogen) atoms. The normalized spacial score (nSPS) is 10.5. The minimum absolute atomic E-state index is 0.369. The third-order valence-corrected chi connectivity index (χ3v) is 1.17. The van der Waals surface area contributed by atoms with Gasteiger partial charge < -0.3 is 9.84 Å². The van der Waals surface area contributed by atoms with Crippen LogP contribution in [-0.2, 0) is 9.53 Å². The molecule has 0 saturated carbocycles. The Balaban J connectivity index is 3.81. The second-order valence-corrected chi connectivity index (χ2v) is 2.17. The highest BCUT2D eigenvalue weighted by molar-refractivity contribution is 5.90. The Labute approximate surface area is 71.1 Å². The van der Waals surface area contributed by atoms with E-state index in [9.17, 15) is 4.79 Å². The van der Waals surface area contributed by atoms with Crippen LogP contribution in [0.25, 0.3) is 0 Å². The van der Waals surface area contributed by atoms with Crippen LogP contribution in [0.3, 0.4) is 0 Å². The van der Waals surface area contributed by atoms with Gasteiger partial charge in [-0.05, 0) is 6.42 Å². The van der Waals surface area contributed by atoms with Gasteiger partial charge in [-0.2, -0.15) is 5.26 Å². The van der Waals surface area contributed by atoms with E-state index in [4.69, 9.17) is 15.1 Å². The Morgan fingerprint density at radius 1 is 1.75 bits per heavy atom. The van der Waals surface area contributed by atoms with Crippen LogP contribution < -0.4 is 0 Å². The summed E-state index contributed by atoms with van der Waals surface area (Å²) in [5.41, 5.74) is -0.369. The van der Waals surface area contributed by atoms with E-state index in [-0.39, 0.29) is 5.57 Å². The fourth-order valence-electron chi connectivity index (χ4n) is 0.495. The van der Waals surface area contributed by atoms with Gasteiger partial charge in [0.2, 0.25) is 0 Å². The number of hydrogen-bond donors (Lipinski definition) is 1. The SMILES string of the molecule is CCCCOC=C(C#N)C(=O)O. The number of ether oxygens (including phenoxy) is 1. The minimum Gasteiger partial charge on any atom is -0.500 e. The highest BCUT2D eigenvalue weighted by atomic mass is 16.5. The number of carbonyl (C=O) groups is 1. The summed E-state index contributed by atoms with van der Waals surface area (Å²) in [4.78, 5) is 10.2. The molecule has 4 nitrogen and oxygen atoms in total. The molecule has 0 atom stereocenters. The van der Waals surface area contributed by atoms with Crippen molar-refractivity contribution in [2.75, 3.05) is 6.61 Å². The molecule has 0 fully saturated rings. The molecule has 0 radical (unpaired) electrons. The average Bonchev–Trinajstić information content (AvgIpc) is 2.04. The first-order valence-corrected chi connectivity index (χ1v) is 3.67. The quantitative estimate of drug-likeness (QED) is 0.291. The number of nitriles is 1. The number of rotatable bonds is 5. The molecule has 66 valence electrons. The Morgan fingerprint density at radius 3 is 2.83 bits per heavy atom. The molecule has 0 amide bonds. The van der Waals surface area contributed by atoms with Crippen LogP contribution in [-0.4, -0.2) is 17.7 Å². The molecule has 0 rings (SSSR count). The number of aliphatic carboxylic acids is 1. The van der Waals surface area contributed by atoms with Crippen molar-refractivity contribution >= 4 is 5.97 Å². The van der Waals surface area contributed by atoms with E-state index in [2.05, 4.69) is 0 Å². The number of carboxylic acids is 1. The predicted octanol–water partition coefficient (Wildman–Crippen LogP) is 1.30. The van der Waals surface area contributed by atoms with Crippen LogP contribution in [0.5, 0.6) is 0 Å². The van der Waals surface area contributed by atoms with Crippen LogP contribution in [0.2, 0.25) is 0 Å². The van der Waals surface area contributed by atoms with Crippen molar-refractivity contribution in [1.29, 1.82) is 5.26 Å². The van der Waals surface area contributed by atoms with E-state index in [1.165, 1.54) is 6.07 Å². The molecule has 0 aliphatic carbocycles. The lowest BCUT2D eigenvalue weighted by molar-refractivity contribution is -0.132. The van der Waals surface area contributed by atoms with E-state index in [1.807, 2.05) is 6.92 Å². The second kappa shape index (κ2) is 6.23. The van der Waals surface area contributed by atoms with Crippen molar-refractivity contribution in [2.24, 2.45) is 0 Å². The molecule has 0 saturated heterocycles. The lowest BCUT2D eigenvalue weighted by Crippen LogP contribution is -1.99. The van der Waals surface area contributed by atoms with Crippen molar-refractivity contribution in [3.8, 4) is 6.07 Å². The summed E-state index contributed by atoms with van der Waals surface area (Å²) in [6.45, 7) is 2.45. The van der Waals surface area contributed by atoms with E-state index >= 15 is 0 Å². The van der Waals surface area contributed by atoms with Crippen molar-refractivity contribution in [3.05, 3.63) is 11.8 Å². The molecule has 0 aromatic heterocycles. The van der Waals surface area contributed by atoms with E-state index in [0.717, 1.165) is 19.1 Å². The van der Waals surface area contributed by atoms with Crippen molar-refractivity contribution in [3.63, 3.8) is 0 Å². The van der Waals surface area contributed by atoms with Crippen molar-refractivity contribution < 1.29 is 14.6 Å². The topological polar surface area (TPSA) is 70.3 Å². The molecule has 0 spiro atoms. The molecular weight excluding hydrogens is 158 g/mol. The van der Waals surface area contributed by atoms with Gasteiger partial charge in [0.25, 0.3) is 0 Å². The van der Waals surface area contributed by atoms with E-state index < -0.39 is 5.97 Å². The summed E-state index contributed by atoms with van der Waals surface area (Å²) in [6, 6.07) is 1.51. The summed E-state index contributed by atoms with van der Waals surface area (Å²) in [5, 5.41) is 16.6. The van der Waals surface area contributed by atoms with Crippen molar-refractivity contribution in [2.45, 2.75) is 19.8 Å². The van der Waals surface area contributed by atoms with Crippen molar-refractivity contribution in [1.82, 2.24) is 0 Å². The van der Waals surface area contributed by atoms with Crippen LogP contribution in [0.4, 0.5) is 0 Å². The fraction of sp³-hybridized carbons (Fsp3) is 0.500. The first-order valence-electron chi connectivity index (χ1n) is 3.67. The van der Waals surface area contributed by atoms with Crippen LogP contribution in [0, 0.1) is 11.3 Å². The Kier molecular flexibility index (Phi) is 5.45. The van der Waals surface area contributed by atoms with Gasteiger partial charge in [-0.1, -0.05) is 13.3 Å². The Bertz CT molecular complexity index is 215. The van der Waals surface area contributed by atoms with Gasteiger partial charge >= 0.3 is 5.97 Å². The van der Waals surface area contributed by atoms with Gasteiger partial charge in [-0.25, -0.2) is 4.79 Å². The molecule has 0 aromatic carbocycles. The van der Waals surface area contributed by atoms with Gasteiger partial charge in [0.1, 0.15) is 12.3 Å². The highest BCUT2D eigenvalue weighted by Gasteiger charge is 2.04. The fourth-order valence-corrected chi connectivity index (χ4v) is 0.495. The predicted molar refractivity (Wildman–Crippen MR) is 42.2 cm³/mol. The highest BCUT2D eigenvalue weighted by Crippen LogP contribution is 1.95. The summed E-state index contributed by atoms with van der Waals surface area (Å²) in [6.07, 6.45) is 2.82. The monoisotopic (exact) mass is 169 g/mol. The molecule has 0 aliphatic rings. The smallest absolute Gasteiger partial charge is 0.349 e. The van der Waals surface area contributed by atoms with Gasteiger partial charge in [-0.3, -0.25) is 0 Å². The summed E-state index contributed by atoms with van der Waals surface area (Å²) >= 11 is 0. The first-order chi connectivity index (χ1) is 5.72. The summed E-state index contributed by atoms with van der Waals surface area (Å²) < 4.78 is 4.82.